The number of rotatable bonds is 6. The minimum Gasteiger partial charge on any atom is -0.334 e. The van der Waals surface area contributed by atoms with E-state index in [-0.39, 0.29) is 0 Å². The summed E-state index contributed by atoms with van der Waals surface area (Å²) in [5.74, 6) is 2.23. The average molecular weight is 370 g/mol. The zero-order valence-corrected chi connectivity index (χ0v) is 15.4. The number of halogens is 3. The fraction of sp³-hybridized carbons (Fsp3) is 0.706. The van der Waals surface area contributed by atoms with Crippen LogP contribution in [0.5, 0.6) is 0 Å². The number of hydrogen-bond acceptors (Lipinski definition) is 4. The predicted molar refractivity (Wildman–Crippen MR) is 90.2 cm³/mol. The lowest BCUT2D eigenvalue weighted by Gasteiger charge is -2.28. The highest BCUT2D eigenvalue weighted by Crippen LogP contribution is 2.30. The van der Waals surface area contributed by atoms with E-state index in [9.17, 15) is 13.2 Å². The highest BCUT2D eigenvalue weighted by molar-refractivity contribution is 5.10. The summed E-state index contributed by atoms with van der Waals surface area (Å²) >= 11 is 0. The van der Waals surface area contributed by atoms with Gasteiger partial charge < -0.3 is 4.57 Å². The van der Waals surface area contributed by atoms with Crippen LogP contribution in [-0.4, -0.2) is 42.8 Å². The maximum Gasteiger partial charge on any atom is 0.434 e. The molecule has 0 aromatic carbocycles. The molecule has 1 unspecified atom stereocenters. The van der Waals surface area contributed by atoms with E-state index in [1.54, 1.807) is 10.9 Å². The molecule has 0 fully saturated rings. The first-order valence-electron chi connectivity index (χ1n) is 8.91. The summed E-state index contributed by atoms with van der Waals surface area (Å²) in [5, 5.41) is 4.27. The van der Waals surface area contributed by atoms with Crippen LogP contribution in [0.2, 0.25) is 0 Å². The molecule has 3 heterocycles. The van der Waals surface area contributed by atoms with Crippen LogP contribution in [0.25, 0.3) is 0 Å². The Labute approximate surface area is 151 Å². The topological polar surface area (TPSA) is 51.8 Å². The van der Waals surface area contributed by atoms with Crippen LogP contribution in [-0.2, 0) is 32.2 Å². The van der Waals surface area contributed by atoms with Crippen molar-refractivity contribution in [1.82, 2.24) is 29.2 Å². The number of fused-ring (bicyclic) bond motifs is 1. The normalized spacial score (nSPS) is 17.9. The first kappa shape index (κ1) is 18.9. The van der Waals surface area contributed by atoms with Gasteiger partial charge >= 0.3 is 6.18 Å². The first-order valence-corrected chi connectivity index (χ1v) is 8.91. The van der Waals surface area contributed by atoms with E-state index in [4.69, 9.17) is 0 Å². The molecule has 0 spiro atoms. The van der Waals surface area contributed by atoms with Crippen molar-refractivity contribution in [3.63, 3.8) is 0 Å². The van der Waals surface area contributed by atoms with Gasteiger partial charge in [-0.1, -0.05) is 13.8 Å². The Hall–Kier alpha value is -1.90. The molecule has 0 saturated heterocycles. The summed E-state index contributed by atoms with van der Waals surface area (Å²) in [6.07, 6.45) is -0.240. The highest BCUT2D eigenvalue weighted by atomic mass is 19.4. The van der Waals surface area contributed by atoms with Gasteiger partial charge in [0.1, 0.15) is 18.0 Å². The molecule has 0 aliphatic carbocycles. The second-order valence-corrected chi connectivity index (χ2v) is 7.55. The minimum atomic E-state index is -4.38. The summed E-state index contributed by atoms with van der Waals surface area (Å²) in [6, 6.07) is 0. The van der Waals surface area contributed by atoms with Gasteiger partial charge in [-0.3, -0.25) is 4.90 Å². The van der Waals surface area contributed by atoms with Gasteiger partial charge in [-0.15, -0.1) is 0 Å². The summed E-state index contributed by atoms with van der Waals surface area (Å²) in [4.78, 5) is 10.2. The van der Waals surface area contributed by atoms with Crippen molar-refractivity contribution < 1.29 is 13.2 Å². The maximum absolute atomic E-state index is 12.8. The second-order valence-electron chi connectivity index (χ2n) is 7.55. The maximum atomic E-state index is 12.8. The molecule has 0 N–H and O–H groups in total. The van der Waals surface area contributed by atoms with Crippen molar-refractivity contribution in [2.24, 2.45) is 11.8 Å². The van der Waals surface area contributed by atoms with Gasteiger partial charge in [-0.05, 0) is 25.3 Å². The van der Waals surface area contributed by atoms with E-state index in [0.29, 0.717) is 37.2 Å². The van der Waals surface area contributed by atoms with E-state index < -0.39 is 11.9 Å². The monoisotopic (exact) mass is 370 g/mol. The standard InChI is InChI=1S/C17H25F3N6/c1-12(2)6-26-16(21-11-22-26)10-24(3)7-13-4-5-15-23-14(17(18,19)20)9-25(15)8-13/h9,11-13H,4-8,10H2,1-3H3. The molecule has 6 nitrogen and oxygen atoms in total. The van der Waals surface area contributed by atoms with E-state index >= 15 is 0 Å². The molecule has 0 amide bonds. The quantitative estimate of drug-likeness (QED) is 0.785. The number of aryl methyl sites for hydroxylation is 1. The average Bonchev–Trinajstić information content (AvgIpc) is 3.13. The molecule has 2 aromatic rings. The number of imidazole rings is 1. The minimum absolute atomic E-state index is 0.296. The molecular weight excluding hydrogens is 345 g/mol. The summed E-state index contributed by atoms with van der Waals surface area (Å²) < 4.78 is 42.0. The van der Waals surface area contributed by atoms with Crippen LogP contribution in [0.1, 0.15) is 37.6 Å². The summed E-state index contributed by atoms with van der Waals surface area (Å²) in [7, 11) is 2.01. The zero-order chi connectivity index (χ0) is 18.9. The number of hydrogen-bond donors (Lipinski definition) is 0. The van der Waals surface area contributed by atoms with Crippen molar-refractivity contribution >= 4 is 0 Å². The van der Waals surface area contributed by atoms with Crippen LogP contribution >= 0.6 is 0 Å². The zero-order valence-electron chi connectivity index (χ0n) is 15.4. The Balaban J connectivity index is 1.58. The SMILES string of the molecule is CC(C)Cn1ncnc1CN(C)CC1CCc2nc(C(F)(F)F)cn2C1. The van der Waals surface area contributed by atoms with E-state index in [0.717, 1.165) is 31.5 Å². The van der Waals surface area contributed by atoms with Gasteiger partial charge in [-0.2, -0.15) is 18.3 Å². The van der Waals surface area contributed by atoms with Crippen molar-refractivity contribution in [3.8, 4) is 0 Å². The van der Waals surface area contributed by atoms with Crippen molar-refractivity contribution in [2.45, 2.75) is 52.5 Å². The Morgan fingerprint density at radius 3 is 2.81 bits per heavy atom. The molecule has 3 rings (SSSR count). The molecule has 9 heteroatoms. The summed E-state index contributed by atoms with van der Waals surface area (Å²) in [6.45, 7) is 7.14. The molecule has 0 radical (unpaired) electrons. The number of alkyl halides is 3. The largest absolute Gasteiger partial charge is 0.434 e. The molecule has 144 valence electrons. The molecule has 0 bridgehead atoms. The lowest BCUT2D eigenvalue weighted by atomic mass is 9.99. The number of aromatic nitrogens is 5. The predicted octanol–water partition coefficient (Wildman–Crippen LogP) is 2.84. The van der Waals surface area contributed by atoms with Crippen LogP contribution < -0.4 is 0 Å². The van der Waals surface area contributed by atoms with Crippen molar-refractivity contribution in [1.29, 1.82) is 0 Å². The van der Waals surface area contributed by atoms with E-state index in [1.807, 2.05) is 11.7 Å². The fourth-order valence-electron chi connectivity index (χ4n) is 3.46. The third kappa shape index (κ3) is 4.44. The van der Waals surface area contributed by atoms with E-state index in [2.05, 4.69) is 33.8 Å². The van der Waals surface area contributed by atoms with Gasteiger partial charge in [-0.25, -0.2) is 14.6 Å². The van der Waals surface area contributed by atoms with Gasteiger partial charge in [0.05, 0.1) is 6.54 Å². The molecule has 26 heavy (non-hydrogen) atoms. The van der Waals surface area contributed by atoms with Crippen LogP contribution in [0, 0.1) is 11.8 Å². The Bertz CT molecular complexity index is 733. The third-order valence-corrected chi connectivity index (χ3v) is 4.60. The first-order chi connectivity index (χ1) is 12.2. The van der Waals surface area contributed by atoms with Crippen LogP contribution in [0.3, 0.4) is 0 Å². The Morgan fingerprint density at radius 2 is 2.12 bits per heavy atom. The molecule has 0 saturated carbocycles. The summed E-state index contributed by atoms with van der Waals surface area (Å²) in [5.41, 5.74) is -0.789. The van der Waals surface area contributed by atoms with Gasteiger partial charge in [0.15, 0.2) is 5.69 Å². The van der Waals surface area contributed by atoms with Crippen LogP contribution in [0.4, 0.5) is 13.2 Å². The Kier molecular flexibility index (Phi) is 5.36. The molecule has 1 aliphatic heterocycles. The molecule has 2 aromatic heterocycles. The van der Waals surface area contributed by atoms with Gasteiger partial charge in [0, 0.05) is 32.3 Å². The lowest BCUT2D eigenvalue weighted by molar-refractivity contribution is -0.141. The molecule has 1 aliphatic rings. The van der Waals surface area contributed by atoms with Crippen molar-refractivity contribution in [3.05, 3.63) is 29.9 Å². The smallest absolute Gasteiger partial charge is 0.334 e. The van der Waals surface area contributed by atoms with Crippen molar-refractivity contribution in [2.75, 3.05) is 13.6 Å². The Morgan fingerprint density at radius 1 is 1.35 bits per heavy atom. The van der Waals surface area contributed by atoms with E-state index in [1.165, 1.54) is 0 Å². The second kappa shape index (κ2) is 7.38. The lowest BCUT2D eigenvalue weighted by Crippen LogP contribution is -2.32. The van der Waals surface area contributed by atoms with Crippen LogP contribution in [0.15, 0.2) is 12.5 Å². The molecular formula is C17H25F3N6. The molecule has 1 atom stereocenters. The number of nitrogens with zero attached hydrogens (tertiary/aromatic N) is 6. The fourth-order valence-corrected chi connectivity index (χ4v) is 3.46. The van der Waals surface area contributed by atoms with Gasteiger partial charge in [0.25, 0.3) is 0 Å². The third-order valence-electron chi connectivity index (χ3n) is 4.60. The van der Waals surface area contributed by atoms with Gasteiger partial charge in [0.2, 0.25) is 0 Å². The highest BCUT2D eigenvalue weighted by Gasteiger charge is 2.35.